The average Bonchev–Trinajstić information content (AvgIpc) is 2.87. The van der Waals surface area contributed by atoms with Crippen molar-refractivity contribution >= 4 is 63.2 Å². The molecule has 1 aliphatic heterocycles. The van der Waals surface area contributed by atoms with Crippen LogP contribution in [0, 0.1) is 17.4 Å². The highest BCUT2D eigenvalue weighted by Crippen LogP contribution is 2.32. The maximum absolute atomic E-state index is 12.6. The molecule has 1 saturated heterocycles. The van der Waals surface area contributed by atoms with Gasteiger partial charge in [0.2, 0.25) is 5.91 Å². The molecule has 1 N–H and O–H groups in total. The van der Waals surface area contributed by atoms with E-state index >= 15 is 0 Å². The number of hydrogen-bond acceptors (Lipinski definition) is 4. The Morgan fingerprint density at radius 1 is 1.19 bits per heavy atom. The van der Waals surface area contributed by atoms with E-state index in [2.05, 4.69) is 27.9 Å². The number of halogens is 1. The van der Waals surface area contributed by atoms with Gasteiger partial charge in [0.25, 0.3) is 11.1 Å². The van der Waals surface area contributed by atoms with Crippen LogP contribution in [0.2, 0.25) is 0 Å². The Morgan fingerprint density at radius 3 is 2.63 bits per heavy atom. The lowest BCUT2D eigenvalue weighted by Crippen LogP contribution is -2.36. The summed E-state index contributed by atoms with van der Waals surface area (Å²) in [5, 5.41) is 2.33. The Labute approximate surface area is 175 Å². The first-order valence-electron chi connectivity index (χ1n) is 8.22. The maximum atomic E-state index is 12.6. The first-order valence-corrected chi connectivity index (χ1v) is 10.1. The SMILES string of the molecule is Cc1ccc(NC(=O)CN2C(=O)SC(=Cc3ccccc3I)C2=O)c(C)c1. The standard InChI is InChI=1S/C20H17IN2O3S/c1-12-7-8-16(13(2)9-12)22-18(24)11-23-19(25)17(27-20(23)26)10-14-5-3-4-6-15(14)21/h3-10H,11H2,1-2H3,(H,22,24). The minimum absolute atomic E-state index is 0.304. The van der Waals surface area contributed by atoms with Gasteiger partial charge in [-0.3, -0.25) is 19.3 Å². The lowest BCUT2D eigenvalue weighted by molar-refractivity contribution is -0.127. The molecule has 1 aliphatic rings. The van der Waals surface area contributed by atoms with Crippen LogP contribution in [0.3, 0.4) is 0 Å². The molecular weight excluding hydrogens is 475 g/mol. The summed E-state index contributed by atoms with van der Waals surface area (Å²) in [6.45, 7) is 3.56. The molecule has 0 aliphatic carbocycles. The van der Waals surface area contributed by atoms with Gasteiger partial charge >= 0.3 is 0 Å². The lowest BCUT2D eigenvalue weighted by atomic mass is 10.1. The summed E-state index contributed by atoms with van der Waals surface area (Å²) >= 11 is 3.03. The molecule has 2 aromatic carbocycles. The molecule has 0 radical (unpaired) electrons. The van der Waals surface area contributed by atoms with Gasteiger partial charge in [-0.25, -0.2) is 0 Å². The fourth-order valence-electron chi connectivity index (χ4n) is 2.66. The predicted molar refractivity (Wildman–Crippen MR) is 116 cm³/mol. The van der Waals surface area contributed by atoms with Crippen LogP contribution in [0.1, 0.15) is 16.7 Å². The third-order valence-electron chi connectivity index (χ3n) is 4.02. The third-order valence-corrected chi connectivity index (χ3v) is 5.91. The van der Waals surface area contributed by atoms with Crippen molar-refractivity contribution in [2.75, 3.05) is 11.9 Å². The second kappa shape index (κ2) is 8.26. The number of nitrogens with zero attached hydrogens (tertiary/aromatic N) is 1. The van der Waals surface area contributed by atoms with Crippen molar-refractivity contribution in [3.8, 4) is 0 Å². The Balaban J connectivity index is 1.72. The first kappa shape index (κ1) is 19.6. The molecule has 7 heteroatoms. The molecule has 0 atom stereocenters. The van der Waals surface area contributed by atoms with Crippen LogP contribution in [-0.4, -0.2) is 28.5 Å². The van der Waals surface area contributed by atoms with E-state index in [1.165, 1.54) is 0 Å². The van der Waals surface area contributed by atoms with Crippen molar-refractivity contribution in [2.45, 2.75) is 13.8 Å². The van der Waals surface area contributed by atoms with E-state index in [-0.39, 0.29) is 6.54 Å². The van der Waals surface area contributed by atoms with Gasteiger partial charge in [0.15, 0.2) is 0 Å². The highest BCUT2D eigenvalue weighted by molar-refractivity contribution is 14.1. The van der Waals surface area contributed by atoms with E-state index in [0.29, 0.717) is 10.6 Å². The van der Waals surface area contributed by atoms with E-state index in [9.17, 15) is 14.4 Å². The number of anilines is 1. The number of carbonyl (C=O) groups excluding carboxylic acids is 3. The summed E-state index contributed by atoms with van der Waals surface area (Å²) in [7, 11) is 0. The summed E-state index contributed by atoms with van der Waals surface area (Å²) < 4.78 is 0.981. The largest absolute Gasteiger partial charge is 0.324 e. The highest BCUT2D eigenvalue weighted by atomic mass is 127. The fourth-order valence-corrected chi connectivity index (χ4v) is 4.03. The first-order chi connectivity index (χ1) is 12.8. The van der Waals surface area contributed by atoms with Crippen LogP contribution in [0.25, 0.3) is 6.08 Å². The van der Waals surface area contributed by atoms with Crippen molar-refractivity contribution in [2.24, 2.45) is 0 Å². The zero-order valence-electron chi connectivity index (χ0n) is 14.8. The number of thioether (sulfide) groups is 1. The van der Waals surface area contributed by atoms with Crippen LogP contribution < -0.4 is 5.32 Å². The second-order valence-electron chi connectivity index (χ2n) is 6.16. The van der Waals surface area contributed by atoms with E-state index in [4.69, 9.17) is 0 Å². The zero-order valence-corrected chi connectivity index (χ0v) is 17.8. The molecule has 138 valence electrons. The van der Waals surface area contributed by atoms with Crippen LogP contribution in [0.4, 0.5) is 10.5 Å². The fraction of sp³-hybridized carbons (Fsp3) is 0.150. The van der Waals surface area contributed by atoms with Gasteiger partial charge in [-0.15, -0.1) is 0 Å². The maximum Gasteiger partial charge on any atom is 0.294 e. The highest BCUT2D eigenvalue weighted by Gasteiger charge is 2.36. The van der Waals surface area contributed by atoms with Crippen molar-refractivity contribution in [3.05, 3.63) is 67.6 Å². The third kappa shape index (κ3) is 4.59. The zero-order chi connectivity index (χ0) is 19.6. The lowest BCUT2D eigenvalue weighted by Gasteiger charge is -2.14. The average molecular weight is 492 g/mol. The molecule has 0 aromatic heterocycles. The molecule has 1 fully saturated rings. The van der Waals surface area contributed by atoms with E-state index in [1.807, 2.05) is 56.3 Å². The number of imide groups is 1. The summed E-state index contributed by atoms with van der Waals surface area (Å²) in [5.74, 6) is -0.847. The van der Waals surface area contributed by atoms with Crippen LogP contribution >= 0.6 is 34.4 Å². The molecule has 0 unspecified atom stereocenters. The summed E-state index contributed by atoms with van der Waals surface area (Å²) in [6.07, 6.45) is 1.69. The Hall–Kier alpha value is -2.13. The van der Waals surface area contributed by atoms with Crippen molar-refractivity contribution in [3.63, 3.8) is 0 Å². The van der Waals surface area contributed by atoms with Crippen LogP contribution in [-0.2, 0) is 9.59 Å². The topological polar surface area (TPSA) is 66.5 Å². The quantitative estimate of drug-likeness (QED) is 0.501. The van der Waals surface area contributed by atoms with Gasteiger partial charge in [-0.05, 0) is 77.5 Å². The normalized spacial score (nSPS) is 15.5. The molecule has 1 heterocycles. The second-order valence-corrected chi connectivity index (χ2v) is 8.31. The number of rotatable bonds is 4. The minimum atomic E-state index is -0.444. The molecule has 0 saturated carbocycles. The van der Waals surface area contributed by atoms with Crippen molar-refractivity contribution < 1.29 is 14.4 Å². The number of benzene rings is 2. The summed E-state index contributed by atoms with van der Waals surface area (Å²) in [5.41, 5.74) is 3.56. The number of hydrogen-bond donors (Lipinski definition) is 1. The predicted octanol–water partition coefficient (Wildman–Crippen LogP) is 4.58. The summed E-state index contributed by atoms with van der Waals surface area (Å²) in [4.78, 5) is 38.4. The molecule has 3 amide bonds. The molecule has 2 aromatic rings. The number of aryl methyl sites for hydroxylation is 2. The van der Waals surface area contributed by atoms with Crippen molar-refractivity contribution in [1.29, 1.82) is 0 Å². The minimum Gasteiger partial charge on any atom is -0.324 e. The van der Waals surface area contributed by atoms with Gasteiger partial charge in [0, 0.05) is 9.26 Å². The van der Waals surface area contributed by atoms with E-state index in [0.717, 1.165) is 36.9 Å². The van der Waals surface area contributed by atoms with Gasteiger partial charge in [0.1, 0.15) is 6.54 Å². The number of amides is 3. The van der Waals surface area contributed by atoms with Gasteiger partial charge in [-0.1, -0.05) is 35.9 Å². The molecule has 0 spiro atoms. The number of carbonyl (C=O) groups is 3. The van der Waals surface area contributed by atoms with Crippen LogP contribution in [0.5, 0.6) is 0 Å². The molecule has 5 nitrogen and oxygen atoms in total. The van der Waals surface area contributed by atoms with Gasteiger partial charge in [-0.2, -0.15) is 0 Å². The number of nitrogens with one attached hydrogen (secondary N) is 1. The Bertz CT molecular complexity index is 971. The monoisotopic (exact) mass is 492 g/mol. The Morgan fingerprint density at radius 2 is 1.93 bits per heavy atom. The molecular formula is C20H17IN2O3S. The van der Waals surface area contributed by atoms with E-state index in [1.54, 1.807) is 6.08 Å². The van der Waals surface area contributed by atoms with Crippen molar-refractivity contribution in [1.82, 2.24) is 4.90 Å². The Kier molecular flexibility index (Phi) is 6.01. The molecule has 0 bridgehead atoms. The van der Waals surface area contributed by atoms with E-state index < -0.39 is 17.1 Å². The molecule has 3 rings (SSSR count). The van der Waals surface area contributed by atoms with Gasteiger partial charge < -0.3 is 5.32 Å². The summed E-state index contributed by atoms with van der Waals surface area (Å²) in [6, 6.07) is 13.2. The smallest absolute Gasteiger partial charge is 0.294 e. The van der Waals surface area contributed by atoms with Crippen LogP contribution in [0.15, 0.2) is 47.4 Å². The van der Waals surface area contributed by atoms with Gasteiger partial charge in [0.05, 0.1) is 4.91 Å². The molecule has 27 heavy (non-hydrogen) atoms.